The van der Waals surface area contributed by atoms with Crippen LogP contribution in [0, 0.1) is 0 Å². The number of pyridine rings is 1. The van der Waals surface area contributed by atoms with Gasteiger partial charge in [-0.15, -0.1) is 0 Å². The molecule has 2 N–H and O–H groups in total. The fourth-order valence-corrected chi connectivity index (χ4v) is 1.63. The van der Waals surface area contributed by atoms with Gasteiger partial charge in [0.05, 0.1) is 16.6 Å². The van der Waals surface area contributed by atoms with E-state index < -0.39 is 0 Å². The van der Waals surface area contributed by atoms with Crippen LogP contribution in [0.1, 0.15) is 0 Å². The molecule has 0 atom stereocenters. The molecule has 6 nitrogen and oxygen atoms in total. The van der Waals surface area contributed by atoms with Gasteiger partial charge in [-0.05, 0) is 12.1 Å². The summed E-state index contributed by atoms with van der Waals surface area (Å²) in [6.07, 6.45) is 4.56. The van der Waals surface area contributed by atoms with Gasteiger partial charge in [0.1, 0.15) is 12.1 Å². The molecule has 0 spiro atoms. The molecule has 0 aromatic carbocycles. The first kappa shape index (κ1) is 9.98. The first-order chi connectivity index (χ1) is 8.25. The Bertz CT molecular complexity index is 675. The minimum atomic E-state index is 0.398. The van der Waals surface area contributed by atoms with Crippen LogP contribution in [0.25, 0.3) is 16.9 Å². The average molecular weight is 247 g/mol. The fourth-order valence-electron chi connectivity index (χ4n) is 1.52. The number of rotatable bonds is 1. The summed E-state index contributed by atoms with van der Waals surface area (Å²) < 4.78 is 1.59. The van der Waals surface area contributed by atoms with E-state index in [-0.39, 0.29) is 0 Å². The molecule has 0 fully saturated rings. The smallest absolute Gasteiger partial charge is 0.170 e. The third kappa shape index (κ3) is 1.58. The number of anilines is 1. The zero-order valence-corrected chi connectivity index (χ0v) is 9.33. The van der Waals surface area contributed by atoms with Crippen LogP contribution in [0.15, 0.2) is 30.9 Å². The fraction of sp³-hybridized carbons (Fsp3) is 0. The van der Waals surface area contributed by atoms with Crippen molar-refractivity contribution in [3.05, 3.63) is 35.9 Å². The summed E-state index contributed by atoms with van der Waals surface area (Å²) in [5, 5.41) is 5.45. The van der Waals surface area contributed by atoms with Crippen LogP contribution < -0.4 is 5.73 Å². The first-order valence-electron chi connectivity index (χ1n) is 4.82. The van der Waals surface area contributed by atoms with E-state index in [1.54, 1.807) is 29.2 Å². The molecule has 0 saturated heterocycles. The maximum Gasteiger partial charge on any atom is 0.170 e. The van der Waals surface area contributed by atoms with Gasteiger partial charge in [0.15, 0.2) is 11.5 Å². The minimum Gasteiger partial charge on any atom is -0.383 e. The van der Waals surface area contributed by atoms with E-state index in [9.17, 15) is 0 Å². The van der Waals surface area contributed by atoms with Gasteiger partial charge in [0.2, 0.25) is 0 Å². The van der Waals surface area contributed by atoms with E-state index in [1.807, 2.05) is 0 Å². The first-order valence-corrected chi connectivity index (χ1v) is 5.19. The number of aromatic nitrogens is 5. The Morgan fingerprint density at radius 1 is 1.12 bits per heavy atom. The van der Waals surface area contributed by atoms with Gasteiger partial charge in [-0.25, -0.2) is 15.0 Å². The number of nitrogens with two attached hydrogens (primary N) is 1. The second-order valence-electron chi connectivity index (χ2n) is 3.39. The van der Waals surface area contributed by atoms with E-state index >= 15 is 0 Å². The summed E-state index contributed by atoms with van der Waals surface area (Å²) in [5.41, 5.74) is 6.34. The summed E-state index contributed by atoms with van der Waals surface area (Å²) in [5.74, 6) is 1.03. The van der Waals surface area contributed by atoms with Crippen molar-refractivity contribution < 1.29 is 0 Å². The number of hydrogen-bond donors (Lipinski definition) is 1. The highest BCUT2D eigenvalue weighted by atomic mass is 35.5. The Hall–Kier alpha value is -2.21. The second kappa shape index (κ2) is 3.67. The molecule has 3 aromatic rings. The SMILES string of the molecule is Nc1ncnc2c1cnn2-c1ccc(Cl)cn1. The lowest BCUT2D eigenvalue weighted by Crippen LogP contribution is -2.00. The Balaban J connectivity index is 2.24. The molecule has 3 heterocycles. The Labute approximate surface area is 101 Å². The summed E-state index contributed by atoms with van der Waals surface area (Å²) in [4.78, 5) is 12.2. The van der Waals surface area contributed by atoms with Crippen molar-refractivity contribution in [3.8, 4) is 5.82 Å². The Kier molecular flexibility index (Phi) is 2.15. The second-order valence-corrected chi connectivity index (χ2v) is 3.82. The normalized spacial score (nSPS) is 10.9. The van der Waals surface area contributed by atoms with Crippen molar-refractivity contribution in [1.82, 2.24) is 24.7 Å². The summed E-state index contributed by atoms with van der Waals surface area (Å²) in [7, 11) is 0. The van der Waals surface area contributed by atoms with Crippen LogP contribution in [-0.4, -0.2) is 24.7 Å². The largest absolute Gasteiger partial charge is 0.383 e. The molecule has 0 aliphatic rings. The number of hydrogen-bond acceptors (Lipinski definition) is 5. The summed E-state index contributed by atoms with van der Waals surface area (Å²) >= 11 is 5.78. The lowest BCUT2D eigenvalue weighted by molar-refractivity contribution is 0.862. The lowest BCUT2D eigenvalue weighted by Gasteiger charge is -2.01. The number of fused-ring (bicyclic) bond motifs is 1. The van der Waals surface area contributed by atoms with Crippen molar-refractivity contribution >= 4 is 28.5 Å². The maximum absolute atomic E-state index is 5.78. The predicted molar refractivity (Wildman–Crippen MR) is 63.9 cm³/mol. The molecule has 0 unspecified atom stereocenters. The third-order valence-corrected chi connectivity index (χ3v) is 2.55. The summed E-state index contributed by atoms with van der Waals surface area (Å²) in [6, 6.07) is 3.50. The molecular formula is C10H7ClN6. The number of nitrogen functional groups attached to an aromatic ring is 1. The lowest BCUT2D eigenvalue weighted by atomic mass is 10.4. The van der Waals surface area contributed by atoms with Crippen LogP contribution in [-0.2, 0) is 0 Å². The van der Waals surface area contributed by atoms with E-state index in [1.165, 1.54) is 6.33 Å². The van der Waals surface area contributed by atoms with Crippen molar-refractivity contribution in [2.75, 3.05) is 5.73 Å². The zero-order chi connectivity index (χ0) is 11.8. The van der Waals surface area contributed by atoms with E-state index in [4.69, 9.17) is 17.3 Å². The Morgan fingerprint density at radius 2 is 2.00 bits per heavy atom. The summed E-state index contributed by atoms with van der Waals surface area (Å²) in [6.45, 7) is 0. The van der Waals surface area contributed by atoms with E-state index in [0.29, 0.717) is 27.7 Å². The molecule has 0 bridgehead atoms. The molecule has 0 saturated carbocycles. The van der Waals surface area contributed by atoms with Gasteiger partial charge in [-0.2, -0.15) is 9.78 Å². The standard InChI is InChI=1S/C10H7ClN6/c11-6-1-2-8(13-3-6)17-10-7(4-16-17)9(12)14-5-15-10/h1-5H,(H2,12,14,15). The molecule has 0 amide bonds. The molecule has 17 heavy (non-hydrogen) atoms. The highest BCUT2D eigenvalue weighted by Gasteiger charge is 2.09. The molecular weight excluding hydrogens is 240 g/mol. The molecule has 7 heteroatoms. The third-order valence-electron chi connectivity index (χ3n) is 2.33. The average Bonchev–Trinajstić information content (AvgIpc) is 2.75. The topological polar surface area (TPSA) is 82.5 Å². The number of halogens is 1. The maximum atomic E-state index is 5.78. The van der Waals surface area contributed by atoms with Gasteiger partial charge in [-0.1, -0.05) is 11.6 Å². The van der Waals surface area contributed by atoms with Crippen LogP contribution in [0.3, 0.4) is 0 Å². The van der Waals surface area contributed by atoms with E-state index in [0.717, 1.165) is 0 Å². The molecule has 0 aliphatic heterocycles. The van der Waals surface area contributed by atoms with Crippen LogP contribution in [0.2, 0.25) is 5.02 Å². The monoisotopic (exact) mass is 246 g/mol. The highest BCUT2D eigenvalue weighted by Crippen LogP contribution is 2.18. The zero-order valence-electron chi connectivity index (χ0n) is 8.58. The molecule has 0 radical (unpaired) electrons. The minimum absolute atomic E-state index is 0.398. The van der Waals surface area contributed by atoms with Gasteiger partial charge in [0, 0.05) is 6.20 Å². The van der Waals surface area contributed by atoms with Crippen LogP contribution >= 0.6 is 11.6 Å². The molecule has 3 rings (SSSR count). The quantitative estimate of drug-likeness (QED) is 0.703. The van der Waals surface area contributed by atoms with Crippen LogP contribution in [0.4, 0.5) is 5.82 Å². The predicted octanol–water partition coefficient (Wildman–Crippen LogP) is 1.45. The molecule has 3 aromatic heterocycles. The van der Waals surface area contributed by atoms with Gasteiger partial charge in [0.25, 0.3) is 0 Å². The highest BCUT2D eigenvalue weighted by molar-refractivity contribution is 6.30. The van der Waals surface area contributed by atoms with Crippen molar-refractivity contribution in [3.63, 3.8) is 0 Å². The van der Waals surface area contributed by atoms with Crippen LogP contribution in [0.5, 0.6) is 0 Å². The Morgan fingerprint density at radius 3 is 2.76 bits per heavy atom. The molecule has 84 valence electrons. The van der Waals surface area contributed by atoms with Gasteiger partial charge < -0.3 is 5.73 Å². The van der Waals surface area contributed by atoms with E-state index in [2.05, 4.69) is 20.1 Å². The number of nitrogens with zero attached hydrogens (tertiary/aromatic N) is 5. The van der Waals surface area contributed by atoms with Crippen molar-refractivity contribution in [2.24, 2.45) is 0 Å². The van der Waals surface area contributed by atoms with Crippen molar-refractivity contribution in [2.45, 2.75) is 0 Å². The van der Waals surface area contributed by atoms with Gasteiger partial charge in [-0.3, -0.25) is 0 Å². The van der Waals surface area contributed by atoms with Gasteiger partial charge >= 0.3 is 0 Å². The van der Waals surface area contributed by atoms with Crippen molar-refractivity contribution in [1.29, 1.82) is 0 Å². The molecule has 0 aliphatic carbocycles.